The van der Waals surface area contributed by atoms with E-state index in [0.717, 1.165) is 5.56 Å². The first-order valence-electron chi connectivity index (χ1n) is 7.07. The third kappa shape index (κ3) is 3.08. The minimum absolute atomic E-state index is 0.681. The van der Waals surface area contributed by atoms with E-state index in [-0.39, 0.29) is 0 Å². The lowest BCUT2D eigenvalue weighted by Crippen LogP contribution is -2.23. The van der Waals surface area contributed by atoms with Crippen molar-refractivity contribution in [2.24, 2.45) is 5.16 Å². The lowest BCUT2D eigenvalue weighted by atomic mass is 10.2. The Morgan fingerprint density at radius 2 is 1.18 bits per heavy atom. The van der Waals surface area contributed by atoms with Crippen LogP contribution < -0.4 is 15.9 Å². The highest BCUT2D eigenvalue weighted by Crippen LogP contribution is 2.33. The molecule has 3 rings (SSSR count). The molecule has 0 amide bonds. The molecule has 0 aliphatic carbocycles. The molecular formula is C19H16NOP. The van der Waals surface area contributed by atoms with E-state index in [0.29, 0.717) is 0 Å². The van der Waals surface area contributed by atoms with Gasteiger partial charge in [0, 0.05) is 5.56 Å². The smallest absolute Gasteiger partial charge is 0.0740 e. The number of nitrogens with zero attached hydrogens (tertiary/aromatic N) is 1. The maximum Gasteiger partial charge on any atom is 0.0740 e. The summed E-state index contributed by atoms with van der Waals surface area (Å²) in [6.07, 6.45) is 1.51. The molecule has 0 aliphatic heterocycles. The molecule has 22 heavy (non-hydrogen) atoms. The summed E-state index contributed by atoms with van der Waals surface area (Å²) in [6, 6.07) is 29.0. The van der Waals surface area contributed by atoms with Crippen LogP contribution in [0.3, 0.4) is 0 Å². The van der Waals surface area contributed by atoms with E-state index in [4.69, 9.17) is 5.21 Å². The van der Waals surface area contributed by atoms with Crippen molar-refractivity contribution < 1.29 is 5.21 Å². The van der Waals surface area contributed by atoms with Crippen LogP contribution in [0.5, 0.6) is 0 Å². The average Bonchev–Trinajstić information content (AvgIpc) is 2.59. The summed E-state index contributed by atoms with van der Waals surface area (Å²) in [5, 5.41) is 15.9. The van der Waals surface area contributed by atoms with Gasteiger partial charge in [-0.3, -0.25) is 0 Å². The number of benzene rings is 3. The van der Waals surface area contributed by atoms with Gasteiger partial charge < -0.3 is 5.21 Å². The molecule has 0 aliphatic rings. The fourth-order valence-corrected chi connectivity index (χ4v) is 4.86. The molecule has 0 unspecified atom stereocenters. The second kappa shape index (κ2) is 7.02. The van der Waals surface area contributed by atoms with E-state index in [2.05, 4.69) is 59.8 Å². The van der Waals surface area contributed by atoms with Gasteiger partial charge in [0.25, 0.3) is 0 Å². The zero-order valence-electron chi connectivity index (χ0n) is 12.0. The summed E-state index contributed by atoms with van der Waals surface area (Å²) in [4.78, 5) is 0. The highest BCUT2D eigenvalue weighted by Gasteiger charge is 2.18. The molecule has 0 fully saturated rings. The molecule has 0 bridgehead atoms. The number of rotatable bonds is 4. The van der Waals surface area contributed by atoms with Crippen molar-refractivity contribution in [1.29, 1.82) is 0 Å². The Kier molecular flexibility index (Phi) is 4.62. The Labute approximate surface area is 131 Å². The van der Waals surface area contributed by atoms with Gasteiger partial charge in [-0.1, -0.05) is 90.1 Å². The topological polar surface area (TPSA) is 32.6 Å². The molecule has 3 aromatic rings. The highest BCUT2D eigenvalue weighted by atomic mass is 31.1. The molecule has 1 N–H and O–H groups in total. The Morgan fingerprint density at radius 3 is 1.73 bits per heavy atom. The van der Waals surface area contributed by atoms with Crippen LogP contribution >= 0.6 is 7.92 Å². The van der Waals surface area contributed by atoms with Gasteiger partial charge in [0.2, 0.25) is 0 Å². The standard InChI is InChI=1S/C19H16NOP/c21-20-15-16-9-7-8-14-19(16)22(17-10-3-1-4-11-17)18-12-5-2-6-13-18/h1-15,21H/b20-15-. The predicted octanol–water partition coefficient (Wildman–Crippen LogP) is 3.25. The highest BCUT2D eigenvalue weighted by molar-refractivity contribution is 7.80. The number of hydrogen-bond donors (Lipinski definition) is 1. The summed E-state index contributed by atoms with van der Waals surface area (Å²) >= 11 is 0. The van der Waals surface area contributed by atoms with Crippen molar-refractivity contribution >= 4 is 30.0 Å². The lowest BCUT2D eigenvalue weighted by molar-refractivity contribution is 0.322. The zero-order valence-corrected chi connectivity index (χ0v) is 12.9. The Bertz CT molecular complexity index is 717. The largest absolute Gasteiger partial charge is 0.411 e. The second-order valence-corrected chi connectivity index (χ2v) is 7.00. The molecule has 108 valence electrons. The van der Waals surface area contributed by atoms with Crippen LogP contribution in [-0.4, -0.2) is 11.4 Å². The molecular weight excluding hydrogens is 289 g/mol. The minimum atomic E-state index is -0.681. The maximum absolute atomic E-state index is 8.94. The van der Waals surface area contributed by atoms with Crippen LogP contribution in [0.25, 0.3) is 0 Å². The van der Waals surface area contributed by atoms with Crippen molar-refractivity contribution in [3.8, 4) is 0 Å². The van der Waals surface area contributed by atoms with Gasteiger partial charge in [-0.2, -0.15) is 0 Å². The SMILES string of the molecule is O/N=C\c1ccccc1P(c1ccccc1)c1ccccc1. The average molecular weight is 305 g/mol. The number of hydrogen-bond acceptors (Lipinski definition) is 2. The third-order valence-electron chi connectivity index (χ3n) is 3.40. The van der Waals surface area contributed by atoms with E-state index >= 15 is 0 Å². The van der Waals surface area contributed by atoms with E-state index < -0.39 is 7.92 Å². The van der Waals surface area contributed by atoms with E-state index in [1.165, 1.54) is 22.1 Å². The quantitative estimate of drug-likeness (QED) is 0.341. The third-order valence-corrected chi connectivity index (χ3v) is 5.92. The molecule has 0 radical (unpaired) electrons. The Morgan fingerprint density at radius 1 is 0.682 bits per heavy atom. The van der Waals surface area contributed by atoms with Crippen molar-refractivity contribution in [2.75, 3.05) is 0 Å². The molecule has 3 heteroatoms. The van der Waals surface area contributed by atoms with Crippen molar-refractivity contribution in [3.63, 3.8) is 0 Å². The fraction of sp³-hybridized carbons (Fsp3) is 0. The van der Waals surface area contributed by atoms with Crippen molar-refractivity contribution in [1.82, 2.24) is 0 Å². The molecule has 3 aromatic carbocycles. The molecule has 2 nitrogen and oxygen atoms in total. The molecule has 0 heterocycles. The van der Waals surface area contributed by atoms with Gasteiger partial charge in [0.05, 0.1) is 6.21 Å². The second-order valence-electron chi connectivity index (χ2n) is 4.81. The van der Waals surface area contributed by atoms with Crippen LogP contribution in [0.15, 0.2) is 90.1 Å². The Hall–Kier alpha value is -2.44. The lowest BCUT2D eigenvalue weighted by Gasteiger charge is -2.20. The molecule has 0 atom stereocenters. The van der Waals surface area contributed by atoms with Gasteiger partial charge in [-0.25, -0.2) is 0 Å². The van der Waals surface area contributed by atoms with Crippen LogP contribution in [0, 0.1) is 0 Å². The van der Waals surface area contributed by atoms with Crippen molar-refractivity contribution in [2.45, 2.75) is 0 Å². The van der Waals surface area contributed by atoms with E-state index in [1.54, 1.807) is 0 Å². The molecule has 0 saturated heterocycles. The Balaban J connectivity index is 2.19. The first kappa shape index (κ1) is 14.5. The van der Waals surface area contributed by atoms with Crippen LogP contribution in [-0.2, 0) is 0 Å². The molecule has 0 spiro atoms. The summed E-state index contributed by atoms with van der Waals surface area (Å²) in [7, 11) is -0.681. The molecule has 0 aromatic heterocycles. The fourth-order valence-electron chi connectivity index (χ4n) is 2.44. The zero-order chi connectivity index (χ0) is 15.2. The van der Waals surface area contributed by atoms with Crippen LogP contribution in [0.1, 0.15) is 5.56 Å². The van der Waals surface area contributed by atoms with Gasteiger partial charge in [0.1, 0.15) is 0 Å². The minimum Gasteiger partial charge on any atom is -0.411 e. The first-order valence-corrected chi connectivity index (χ1v) is 8.41. The van der Waals surface area contributed by atoms with Gasteiger partial charge in [-0.05, 0) is 23.8 Å². The van der Waals surface area contributed by atoms with Crippen LogP contribution in [0.4, 0.5) is 0 Å². The van der Waals surface area contributed by atoms with E-state index in [1.807, 2.05) is 30.3 Å². The predicted molar refractivity (Wildman–Crippen MR) is 94.5 cm³/mol. The summed E-state index contributed by atoms with van der Waals surface area (Å²) in [6.45, 7) is 0. The molecule has 0 saturated carbocycles. The monoisotopic (exact) mass is 305 g/mol. The van der Waals surface area contributed by atoms with Crippen molar-refractivity contribution in [3.05, 3.63) is 90.5 Å². The van der Waals surface area contributed by atoms with Gasteiger partial charge in [0.15, 0.2) is 0 Å². The summed E-state index contributed by atoms with van der Waals surface area (Å²) < 4.78 is 0. The van der Waals surface area contributed by atoms with Gasteiger partial charge in [-0.15, -0.1) is 0 Å². The summed E-state index contributed by atoms with van der Waals surface area (Å²) in [5.41, 5.74) is 0.948. The number of oxime groups is 1. The first-order chi connectivity index (χ1) is 10.9. The van der Waals surface area contributed by atoms with Gasteiger partial charge >= 0.3 is 0 Å². The maximum atomic E-state index is 8.94. The normalized spacial score (nSPS) is 11.1. The van der Waals surface area contributed by atoms with Crippen LogP contribution in [0.2, 0.25) is 0 Å². The van der Waals surface area contributed by atoms with E-state index in [9.17, 15) is 0 Å². The summed E-state index contributed by atoms with van der Waals surface area (Å²) in [5.74, 6) is 0.